The number of likely N-dealkylation sites (N-methyl/N-ethyl adjacent to an activating group) is 1. The first kappa shape index (κ1) is 18.8. The summed E-state index contributed by atoms with van der Waals surface area (Å²) in [6, 6.07) is 8.68. The van der Waals surface area contributed by atoms with Gasteiger partial charge in [0.25, 0.3) is 0 Å². The Hall–Kier alpha value is -2.57. The van der Waals surface area contributed by atoms with Gasteiger partial charge in [0.15, 0.2) is 0 Å². The summed E-state index contributed by atoms with van der Waals surface area (Å²) in [5, 5.41) is 9.08. The van der Waals surface area contributed by atoms with E-state index in [1.165, 1.54) is 21.6 Å². The normalized spacial score (nSPS) is 22.6. The lowest BCUT2D eigenvalue weighted by Crippen LogP contribution is -2.48. The molecule has 1 unspecified atom stereocenters. The molecule has 3 aliphatic rings. The number of fused-ring (bicyclic) bond motifs is 2. The third kappa shape index (κ3) is 3.84. The maximum Gasteiger partial charge on any atom is 0.407 e. The van der Waals surface area contributed by atoms with Gasteiger partial charge in [0.2, 0.25) is 0 Å². The lowest BCUT2D eigenvalue weighted by atomic mass is 9.97. The minimum absolute atomic E-state index is 0.214. The predicted molar refractivity (Wildman–Crippen MR) is 109 cm³/mol. The van der Waals surface area contributed by atoms with Gasteiger partial charge in [-0.25, -0.2) is 4.79 Å². The van der Waals surface area contributed by atoms with E-state index in [-0.39, 0.29) is 6.04 Å². The summed E-state index contributed by atoms with van der Waals surface area (Å²) in [5.74, 6) is 0.967. The summed E-state index contributed by atoms with van der Waals surface area (Å²) in [7, 11) is 2.15. The van der Waals surface area contributed by atoms with Crippen molar-refractivity contribution in [1.82, 2.24) is 14.7 Å². The number of hydrogen-bond donors (Lipinski definition) is 1. The number of benzene rings is 1. The van der Waals surface area contributed by atoms with E-state index < -0.39 is 6.09 Å². The van der Waals surface area contributed by atoms with Crippen molar-refractivity contribution in [3.8, 4) is 0 Å². The number of piperazine rings is 1. The van der Waals surface area contributed by atoms with Crippen LogP contribution in [0, 0.1) is 0 Å². The van der Waals surface area contributed by atoms with Crippen molar-refractivity contribution >= 4 is 11.9 Å². The molecule has 0 aromatic heterocycles. The van der Waals surface area contributed by atoms with Crippen LogP contribution in [0.1, 0.15) is 11.1 Å². The SMILES string of the molecule is CN1Cc2ccccc2C(OCCN2CCN(C(=O)O)CC2)=C2C=CC=CC21. The fourth-order valence-electron chi connectivity index (χ4n) is 4.13. The van der Waals surface area contributed by atoms with Gasteiger partial charge in [0, 0.05) is 50.4 Å². The van der Waals surface area contributed by atoms with Gasteiger partial charge in [0.1, 0.15) is 12.4 Å². The molecule has 1 amide bonds. The van der Waals surface area contributed by atoms with Crippen LogP contribution in [0.2, 0.25) is 0 Å². The molecule has 2 heterocycles. The third-order valence-electron chi connectivity index (χ3n) is 5.71. The summed E-state index contributed by atoms with van der Waals surface area (Å²) < 4.78 is 6.38. The summed E-state index contributed by atoms with van der Waals surface area (Å²) in [6.45, 7) is 4.91. The van der Waals surface area contributed by atoms with Crippen LogP contribution in [-0.2, 0) is 11.3 Å². The molecule has 0 bridgehead atoms. The number of amides is 1. The van der Waals surface area contributed by atoms with Crippen LogP contribution in [0.15, 0.2) is 54.1 Å². The van der Waals surface area contributed by atoms with Crippen molar-refractivity contribution in [1.29, 1.82) is 0 Å². The van der Waals surface area contributed by atoms with Crippen molar-refractivity contribution in [3.05, 3.63) is 65.3 Å². The molecular formula is C22H27N3O3. The first-order chi connectivity index (χ1) is 13.6. The molecule has 0 radical (unpaired) electrons. The van der Waals surface area contributed by atoms with Gasteiger partial charge < -0.3 is 14.7 Å². The van der Waals surface area contributed by atoms with E-state index in [0.717, 1.165) is 31.9 Å². The Balaban J connectivity index is 1.48. The van der Waals surface area contributed by atoms with Gasteiger partial charge in [-0.15, -0.1) is 0 Å². The molecule has 28 heavy (non-hydrogen) atoms. The van der Waals surface area contributed by atoms with Crippen molar-refractivity contribution < 1.29 is 14.6 Å². The van der Waals surface area contributed by atoms with E-state index in [2.05, 4.69) is 65.4 Å². The highest BCUT2D eigenvalue weighted by Gasteiger charge is 2.28. The summed E-state index contributed by atoms with van der Waals surface area (Å²) >= 11 is 0. The zero-order valence-electron chi connectivity index (χ0n) is 16.3. The van der Waals surface area contributed by atoms with Crippen LogP contribution in [0.5, 0.6) is 0 Å². The van der Waals surface area contributed by atoms with Gasteiger partial charge in [0.05, 0.1) is 6.04 Å². The van der Waals surface area contributed by atoms with E-state index >= 15 is 0 Å². The molecule has 1 atom stereocenters. The van der Waals surface area contributed by atoms with E-state index in [1.54, 1.807) is 0 Å². The Morgan fingerprint density at radius 3 is 2.75 bits per heavy atom. The van der Waals surface area contributed by atoms with Gasteiger partial charge in [-0.3, -0.25) is 9.80 Å². The highest BCUT2D eigenvalue weighted by molar-refractivity contribution is 5.71. The Bertz CT molecular complexity index is 822. The van der Waals surface area contributed by atoms with E-state index in [9.17, 15) is 4.79 Å². The maximum atomic E-state index is 11.1. The molecule has 6 nitrogen and oxygen atoms in total. The van der Waals surface area contributed by atoms with Crippen molar-refractivity contribution in [3.63, 3.8) is 0 Å². The summed E-state index contributed by atoms with van der Waals surface area (Å²) in [4.78, 5) is 17.1. The van der Waals surface area contributed by atoms with E-state index in [1.807, 2.05) is 0 Å². The molecule has 6 heteroatoms. The first-order valence-corrected chi connectivity index (χ1v) is 9.84. The molecule has 1 aliphatic carbocycles. The van der Waals surface area contributed by atoms with Gasteiger partial charge >= 0.3 is 6.09 Å². The van der Waals surface area contributed by atoms with Gasteiger partial charge in [-0.1, -0.05) is 48.6 Å². The van der Waals surface area contributed by atoms with E-state index in [0.29, 0.717) is 19.7 Å². The molecule has 1 N–H and O–H groups in total. The van der Waals surface area contributed by atoms with Crippen LogP contribution < -0.4 is 0 Å². The number of rotatable bonds is 4. The molecule has 148 valence electrons. The van der Waals surface area contributed by atoms with Crippen molar-refractivity contribution in [2.45, 2.75) is 12.6 Å². The smallest absolute Gasteiger partial charge is 0.407 e. The lowest BCUT2D eigenvalue weighted by Gasteiger charge is -2.33. The Labute approximate surface area is 166 Å². The molecule has 4 rings (SSSR count). The highest BCUT2D eigenvalue weighted by atomic mass is 16.5. The number of hydrogen-bond acceptors (Lipinski definition) is 4. The molecule has 1 saturated heterocycles. The second-order valence-electron chi connectivity index (χ2n) is 7.51. The minimum atomic E-state index is -0.828. The molecule has 1 fully saturated rings. The largest absolute Gasteiger partial charge is 0.491 e. The number of allylic oxidation sites excluding steroid dienone is 2. The monoisotopic (exact) mass is 381 g/mol. The summed E-state index contributed by atoms with van der Waals surface area (Å²) in [5.41, 5.74) is 3.65. The standard InChI is InChI=1S/C22H27N3O3/c1-23-16-17-6-2-3-7-18(17)21(19-8-4-5-9-20(19)23)28-15-14-24-10-12-25(13-11-24)22(26)27/h2-9,20H,10-16H2,1H3,(H,26,27). The number of carboxylic acid groups (broad SMARTS) is 1. The average Bonchev–Trinajstić information content (AvgIpc) is 2.83. The molecule has 0 spiro atoms. The van der Waals surface area contributed by atoms with Gasteiger partial charge in [-0.05, 0) is 12.6 Å². The topological polar surface area (TPSA) is 56.2 Å². The molecule has 1 aromatic rings. The number of nitrogens with zero attached hydrogens (tertiary/aromatic N) is 3. The fourth-order valence-corrected chi connectivity index (χ4v) is 4.13. The first-order valence-electron chi connectivity index (χ1n) is 9.84. The number of ether oxygens (including phenoxy) is 1. The molecule has 1 aromatic carbocycles. The van der Waals surface area contributed by atoms with Crippen LogP contribution in [0.3, 0.4) is 0 Å². The second-order valence-corrected chi connectivity index (χ2v) is 7.51. The minimum Gasteiger partial charge on any atom is -0.491 e. The zero-order valence-corrected chi connectivity index (χ0v) is 16.3. The predicted octanol–water partition coefficient (Wildman–Crippen LogP) is 2.65. The van der Waals surface area contributed by atoms with Crippen molar-refractivity contribution in [2.24, 2.45) is 0 Å². The van der Waals surface area contributed by atoms with Crippen LogP contribution in [0.25, 0.3) is 5.76 Å². The highest BCUT2D eigenvalue weighted by Crippen LogP contribution is 2.34. The van der Waals surface area contributed by atoms with Crippen molar-refractivity contribution in [2.75, 3.05) is 46.4 Å². The molecule has 2 aliphatic heterocycles. The van der Waals surface area contributed by atoms with Gasteiger partial charge in [-0.2, -0.15) is 0 Å². The van der Waals surface area contributed by atoms with E-state index in [4.69, 9.17) is 9.84 Å². The average molecular weight is 381 g/mol. The maximum absolute atomic E-state index is 11.1. The number of carbonyl (C=O) groups is 1. The zero-order chi connectivity index (χ0) is 19.5. The quantitative estimate of drug-likeness (QED) is 0.869. The molecular weight excluding hydrogens is 354 g/mol. The fraction of sp³-hybridized carbons (Fsp3) is 0.409. The van der Waals surface area contributed by atoms with Crippen LogP contribution in [-0.4, -0.2) is 78.3 Å². The Morgan fingerprint density at radius 2 is 1.96 bits per heavy atom. The Morgan fingerprint density at radius 1 is 1.18 bits per heavy atom. The summed E-state index contributed by atoms with van der Waals surface area (Å²) in [6.07, 6.45) is 7.72. The lowest BCUT2D eigenvalue weighted by molar-refractivity contribution is 0.0958. The van der Waals surface area contributed by atoms with Crippen LogP contribution >= 0.6 is 0 Å². The second kappa shape index (κ2) is 8.20. The molecule has 0 saturated carbocycles. The van der Waals surface area contributed by atoms with Crippen LogP contribution in [0.4, 0.5) is 4.79 Å². The third-order valence-corrected chi connectivity index (χ3v) is 5.71. The Kier molecular flexibility index (Phi) is 5.50.